The Morgan fingerprint density at radius 2 is 1.86 bits per heavy atom. The van der Waals surface area contributed by atoms with Crippen LogP contribution in [0.2, 0.25) is 5.02 Å². The van der Waals surface area contributed by atoms with E-state index in [1.807, 2.05) is 0 Å². The van der Waals surface area contributed by atoms with E-state index in [1.54, 1.807) is 55.5 Å². The molecule has 0 aliphatic rings. The number of aryl methyl sites for hydroxylation is 1. The molecule has 110 valence electrons. The van der Waals surface area contributed by atoms with Crippen LogP contribution in [-0.4, -0.2) is 16.1 Å². The number of ether oxygens (including phenoxy) is 1. The van der Waals surface area contributed by atoms with Crippen molar-refractivity contribution >= 4 is 17.6 Å². The SMILES string of the molecule is Cc1nc(-c2ccc(OC(=O)c3ccccc3Cl)cc2)no1. The summed E-state index contributed by atoms with van der Waals surface area (Å²) in [6.45, 7) is 1.72. The molecular formula is C16H11ClN2O3. The standard InChI is InChI=1S/C16H11ClN2O3/c1-10-18-15(19-22-10)11-6-8-12(9-7-11)21-16(20)13-4-2-3-5-14(13)17/h2-9H,1H3. The Labute approximate surface area is 131 Å². The highest BCUT2D eigenvalue weighted by molar-refractivity contribution is 6.33. The smallest absolute Gasteiger partial charge is 0.345 e. The topological polar surface area (TPSA) is 65.2 Å². The minimum absolute atomic E-state index is 0.321. The van der Waals surface area contributed by atoms with Crippen molar-refractivity contribution < 1.29 is 14.1 Å². The summed E-state index contributed by atoms with van der Waals surface area (Å²) < 4.78 is 10.2. The monoisotopic (exact) mass is 314 g/mol. The molecule has 0 amide bonds. The lowest BCUT2D eigenvalue weighted by Gasteiger charge is -2.06. The molecular weight excluding hydrogens is 304 g/mol. The van der Waals surface area contributed by atoms with Crippen LogP contribution in [0.4, 0.5) is 0 Å². The quantitative estimate of drug-likeness (QED) is 0.541. The van der Waals surface area contributed by atoms with Crippen LogP contribution in [0.25, 0.3) is 11.4 Å². The third-order valence-electron chi connectivity index (χ3n) is 2.94. The van der Waals surface area contributed by atoms with E-state index in [4.69, 9.17) is 20.9 Å². The maximum absolute atomic E-state index is 12.0. The molecule has 2 aromatic carbocycles. The number of carbonyl (C=O) groups excluding carboxylic acids is 1. The molecule has 1 aromatic heterocycles. The van der Waals surface area contributed by atoms with E-state index in [9.17, 15) is 4.79 Å². The van der Waals surface area contributed by atoms with Gasteiger partial charge < -0.3 is 9.26 Å². The maximum atomic E-state index is 12.0. The molecule has 0 unspecified atom stereocenters. The molecule has 0 aliphatic carbocycles. The molecule has 3 rings (SSSR count). The van der Waals surface area contributed by atoms with E-state index in [2.05, 4.69) is 10.1 Å². The molecule has 0 fully saturated rings. The van der Waals surface area contributed by atoms with Gasteiger partial charge in [-0.1, -0.05) is 28.9 Å². The zero-order chi connectivity index (χ0) is 15.5. The lowest BCUT2D eigenvalue weighted by Crippen LogP contribution is -2.08. The van der Waals surface area contributed by atoms with Crippen LogP contribution < -0.4 is 4.74 Å². The zero-order valence-electron chi connectivity index (χ0n) is 11.6. The number of hydrogen-bond donors (Lipinski definition) is 0. The summed E-state index contributed by atoms with van der Waals surface area (Å²) in [6, 6.07) is 13.6. The predicted octanol–water partition coefficient (Wildman–Crippen LogP) is 3.92. The lowest BCUT2D eigenvalue weighted by molar-refractivity contribution is 0.0735. The van der Waals surface area contributed by atoms with E-state index in [0.717, 1.165) is 5.56 Å². The van der Waals surface area contributed by atoms with Crippen molar-refractivity contribution in [2.24, 2.45) is 0 Å². The molecule has 0 saturated carbocycles. The number of benzene rings is 2. The van der Waals surface area contributed by atoms with Gasteiger partial charge in [-0.05, 0) is 36.4 Å². The average Bonchev–Trinajstić information content (AvgIpc) is 2.95. The van der Waals surface area contributed by atoms with Crippen molar-refractivity contribution in [3.05, 3.63) is 65.0 Å². The number of esters is 1. The van der Waals surface area contributed by atoms with Crippen LogP contribution in [0.5, 0.6) is 5.75 Å². The molecule has 0 spiro atoms. The highest BCUT2D eigenvalue weighted by Gasteiger charge is 2.12. The molecule has 0 N–H and O–H groups in total. The number of rotatable bonds is 3. The van der Waals surface area contributed by atoms with Gasteiger partial charge in [-0.25, -0.2) is 4.79 Å². The van der Waals surface area contributed by atoms with E-state index < -0.39 is 5.97 Å². The van der Waals surface area contributed by atoms with E-state index in [1.165, 1.54) is 0 Å². The molecule has 22 heavy (non-hydrogen) atoms. The number of aromatic nitrogens is 2. The van der Waals surface area contributed by atoms with Gasteiger partial charge in [0.2, 0.25) is 11.7 Å². The first-order valence-corrected chi connectivity index (χ1v) is 6.89. The van der Waals surface area contributed by atoms with Gasteiger partial charge in [0, 0.05) is 12.5 Å². The second kappa shape index (κ2) is 5.99. The number of halogens is 1. The van der Waals surface area contributed by atoms with E-state index >= 15 is 0 Å². The summed E-state index contributed by atoms with van der Waals surface area (Å²) in [5.41, 5.74) is 1.09. The fourth-order valence-electron chi connectivity index (χ4n) is 1.88. The minimum Gasteiger partial charge on any atom is -0.423 e. The Morgan fingerprint density at radius 3 is 2.50 bits per heavy atom. The zero-order valence-corrected chi connectivity index (χ0v) is 12.4. The highest BCUT2D eigenvalue weighted by atomic mass is 35.5. The first kappa shape index (κ1) is 14.3. The Bertz CT molecular complexity index is 812. The van der Waals surface area contributed by atoms with Gasteiger partial charge in [-0.15, -0.1) is 0 Å². The van der Waals surface area contributed by atoms with Crippen molar-refractivity contribution in [2.45, 2.75) is 6.92 Å². The maximum Gasteiger partial charge on any atom is 0.345 e. The Kier molecular flexibility index (Phi) is 3.89. The first-order chi connectivity index (χ1) is 10.6. The van der Waals surface area contributed by atoms with Crippen molar-refractivity contribution in [3.8, 4) is 17.1 Å². The number of hydrogen-bond acceptors (Lipinski definition) is 5. The fourth-order valence-corrected chi connectivity index (χ4v) is 2.09. The van der Waals surface area contributed by atoms with Gasteiger partial charge in [0.1, 0.15) is 5.75 Å². The third kappa shape index (κ3) is 2.99. The molecule has 0 saturated heterocycles. The Balaban J connectivity index is 1.76. The molecule has 0 radical (unpaired) electrons. The largest absolute Gasteiger partial charge is 0.423 e. The Morgan fingerprint density at radius 1 is 1.14 bits per heavy atom. The summed E-state index contributed by atoms with van der Waals surface area (Å²) in [5, 5.41) is 4.18. The normalized spacial score (nSPS) is 10.5. The predicted molar refractivity (Wildman–Crippen MR) is 80.9 cm³/mol. The van der Waals surface area contributed by atoms with Crippen LogP contribution >= 0.6 is 11.6 Å². The van der Waals surface area contributed by atoms with Crippen LogP contribution in [0.3, 0.4) is 0 Å². The summed E-state index contributed by atoms with van der Waals surface area (Å²) in [7, 11) is 0. The van der Waals surface area contributed by atoms with Gasteiger partial charge in [0.15, 0.2) is 0 Å². The summed E-state index contributed by atoms with van der Waals surface area (Å²) in [6.07, 6.45) is 0. The molecule has 3 aromatic rings. The van der Waals surface area contributed by atoms with Crippen molar-refractivity contribution in [2.75, 3.05) is 0 Å². The summed E-state index contributed by atoms with van der Waals surface area (Å²) >= 11 is 5.97. The number of nitrogens with zero attached hydrogens (tertiary/aromatic N) is 2. The first-order valence-electron chi connectivity index (χ1n) is 6.51. The van der Waals surface area contributed by atoms with Crippen molar-refractivity contribution in [1.29, 1.82) is 0 Å². The third-order valence-corrected chi connectivity index (χ3v) is 3.27. The second-order valence-electron chi connectivity index (χ2n) is 4.53. The van der Waals surface area contributed by atoms with Crippen LogP contribution in [0, 0.1) is 6.92 Å². The molecule has 6 heteroatoms. The van der Waals surface area contributed by atoms with E-state index in [0.29, 0.717) is 28.1 Å². The van der Waals surface area contributed by atoms with Gasteiger partial charge >= 0.3 is 5.97 Å². The van der Waals surface area contributed by atoms with Crippen LogP contribution in [0.1, 0.15) is 16.2 Å². The second-order valence-corrected chi connectivity index (χ2v) is 4.94. The van der Waals surface area contributed by atoms with Gasteiger partial charge in [-0.2, -0.15) is 4.98 Å². The summed E-state index contributed by atoms with van der Waals surface area (Å²) in [5.74, 6) is 0.883. The molecule has 1 heterocycles. The van der Waals surface area contributed by atoms with Crippen LogP contribution in [-0.2, 0) is 0 Å². The van der Waals surface area contributed by atoms with Crippen LogP contribution in [0.15, 0.2) is 53.1 Å². The lowest BCUT2D eigenvalue weighted by atomic mass is 10.2. The van der Waals surface area contributed by atoms with Gasteiger partial charge in [0.25, 0.3) is 0 Å². The fraction of sp³-hybridized carbons (Fsp3) is 0.0625. The van der Waals surface area contributed by atoms with Gasteiger partial charge in [-0.3, -0.25) is 0 Å². The molecule has 0 bridgehead atoms. The minimum atomic E-state index is -0.506. The van der Waals surface area contributed by atoms with E-state index in [-0.39, 0.29) is 0 Å². The average molecular weight is 315 g/mol. The summed E-state index contributed by atoms with van der Waals surface area (Å²) in [4.78, 5) is 16.2. The van der Waals surface area contributed by atoms with Gasteiger partial charge in [0.05, 0.1) is 10.6 Å². The van der Waals surface area contributed by atoms with Crippen molar-refractivity contribution in [1.82, 2.24) is 10.1 Å². The Hall–Kier alpha value is -2.66. The highest BCUT2D eigenvalue weighted by Crippen LogP contribution is 2.22. The van der Waals surface area contributed by atoms with Crippen molar-refractivity contribution in [3.63, 3.8) is 0 Å². The molecule has 5 nitrogen and oxygen atoms in total. The number of carbonyl (C=O) groups is 1. The molecule has 0 aliphatic heterocycles. The molecule has 0 atom stereocenters.